The molecular weight excluding hydrogens is 164 g/mol. The number of carbonyl (C=O) groups excluding carboxylic acids is 1. The quantitative estimate of drug-likeness (QED) is 0.371. The van der Waals surface area contributed by atoms with Gasteiger partial charge in [0, 0.05) is 6.08 Å². The van der Waals surface area contributed by atoms with Crippen LogP contribution < -0.4 is 0 Å². The van der Waals surface area contributed by atoms with Crippen LogP contribution in [0.5, 0.6) is 0 Å². The van der Waals surface area contributed by atoms with E-state index in [0.717, 1.165) is 24.8 Å². The molecule has 0 rings (SSSR count). The van der Waals surface area contributed by atoms with Crippen LogP contribution in [0.1, 0.15) is 33.1 Å². The van der Waals surface area contributed by atoms with Gasteiger partial charge in [0.2, 0.25) is 0 Å². The molecule has 0 saturated heterocycles. The maximum absolute atomic E-state index is 10.8. The van der Waals surface area contributed by atoms with E-state index >= 15 is 0 Å². The molecule has 0 spiro atoms. The van der Waals surface area contributed by atoms with Crippen LogP contribution in [0.2, 0.25) is 0 Å². The Morgan fingerprint density at radius 3 is 2.46 bits per heavy atom. The van der Waals surface area contributed by atoms with Gasteiger partial charge in [-0.05, 0) is 33.1 Å². The molecule has 0 radical (unpaired) electrons. The largest absolute Gasteiger partial charge is 0.466 e. The molecule has 0 aromatic carbocycles. The average Bonchev–Trinajstić information content (AvgIpc) is 2.03. The third-order valence-electron chi connectivity index (χ3n) is 1.74. The Morgan fingerprint density at radius 1 is 1.38 bits per heavy atom. The molecule has 0 heterocycles. The Hall–Kier alpha value is -1.05. The summed E-state index contributed by atoms with van der Waals surface area (Å²) in [5, 5.41) is 0. The van der Waals surface area contributed by atoms with Gasteiger partial charge in [0.1, 0.15) is 0 Å². The zero-order valence-corrected chi connectivity index (χ0v) is 8.72. The van der Waals surface area contributed by atoms with Gasteiger partial charge in [0.25, 0.3) is 0 Å². The second kappa shape index (κ2) is 6.46. The van der Waals surface area contributed by atoms with Crippen molar-refractivity contribution in [1.82, 2.24) is 0 Å². The predicted octanol–water partition coefficient (Wildman–Crippen LogP) is 2.85. The van der Waals surface area contributed by atoms with Crippen LogP contribution in [0.25, 0.3) is 0 Å². The van der Waals surface area contributed by atoms with Crippen LogP contribution in [0.15, 0.2) is 23.8 Å². The molecule has 0 atom stereocenters. The molecule has 0 saturated carbocycles. The van der Waals surface area contributed by atoms with Crippen molar-refractivity contribution in [2.24, 2.45) is 0 Å². The van der Waals surface area contributed by atoms with Crippen molar-refractivity contribution in [3.8, 4) is 0 Å². The first-order valence-corrected chi connectivity index (χ1v) is 4.45. The fourth-order valence-electron chi connectivity index (χ4n) is 1.00. The summed E-state index contributed by atoms with van der Waals surface area (Å²) in [5.74, 6) is -0.271. The van der Waals surface area contributed by atoms with Gasteiger partial charge >= 0.3 is 5.97 Å². The number of carbonyl (C=O) groups is 1. The number of hydrogen-bond acceptors (Lipinski definition) is 2. The molecule has 0 aromatic heterocycles. The molecule has 2 heteroatoms. The minimum atomic E-state index is -0.271. The lowest BCUT2D eigenvalue weighted by atomic mass is 10.1. The molecule has 0 unspecified atom stereocenters. The summed E-state index contributed by atoms with van der Waals surface area (Å²) in [6, 6.07) is 0. The van der Waals surface area contributed by atoms with Crippen molar-refractivity contribution in [1.29, 1.82) is 0 Å². The third-order valence-corrected chi connectivity index (χ3v) is 1.74. The van der Waals surface area contributed by atoms with E-state index in [0.29, 0.717) is 0 Å². The summed E-state index contributed by atoms with van der Waals surface area (Å²) in [5.41, 5.74) is 2.25. The third kappa shape index (κ3) is 7.32. The van der Waals surface area contributed by atoms with Crippen molar-refractivity contribution in [3.05, 3.63) is 23.8 Å². The van der Waals surface area contributed by atoms with E-state index in [1.54, 1.807) is 6.08 Å². The Bertz CT molecular complexity index is 214. The van der Waals surface area contributed by atoms with E-state index in [1.165, 1.54) is 12.7 Å². The second-order valence-corrected chi connectivity index (χ2v) is 3.32. The topological polar surface area (TPSA) is 26.3 Å². The number of hydrogen-bond donors (Lipinski definition) is 0. The zero-order chi connectivity index (χ0) is 10.3. The van der Waals surface area contributed by atoms with Gasteiger partial charge in [-0.1, -0.05) is 11.1 Å². The summed E-state index contributed by atoms with van der Waals surface area (Å²) in [4.78, 5) is 10.8. The highest BCUT2D eigenvalue weighted by molar-refractivity contribution is 5.82. The number of rotatable bonds is 5. The molecule has 0 aromatic rings. The van der Waals surface area contributed by atoms with Crippen LogP contribution in [0.4, 0.5) is 0 Å². The van der Waals surface area contributed by atoms with Crippen molar-refractivity contribution in [3.63, 3.8) is 0 Å². The summed E-state index contributed by atoms with van der Waals surface area (Å²) >= 11 is 0. The van der Waals surface area contributed by atoms with Crippen molar-refractivity contribution < 1.29 is 9.53 Å². The van der Waals surface area contributed by atoms with Gasteiger partial charge in [-0.2, -0.15) is 0 Å². The van der Waals surface area contributed by atoms with Gasteiger partial charge in [0.15, 0.2) is 0 Å². The van der Waals surface area contributed by atoms with Gasteiger partial charge in [-0.3, -0.25) is 0 Å². The Morgan fingerprint density at radius 2 is 2.00 bits per heavy atom. The molecule has 0 aliphatic heterocycles. The first-order chi connectivity index (χ1) is 6.06. The van der Waals surface area contributed by atoms with Gasteiger partial charge in [-0.25, -0.2) is 4.79 Å². The molecule has 74 valence electrons. The molecule has 0 bridgehead atoms. The zero-order valence-electron chi connectivity index (χ0n) is 8.72. The van der Waals surface area contributed by atoms with E-state index in [4.69, 9.17) is 0 Å². The predicted molar refractivity (Wildman–Crippen MR) is 54.4 cm³/mol. The standard InChI is InChI=1S/C11H18O2/c1-9(2)6-5-7-10(3)8-11(12)13-4/h8H,1,5-7H2,2-4H3/b10-8-. The Kier molecular flexibility index (Phi) is 5.94. The van der Waals surface area contributed by atoms with E-state index in [9.17, 15) is 4.79 Å². The number of allylic oxidation sites excluding steroid dienone is 2. The van der Waals surface area contributed by atoms with Crippen molar-refractivity contribution >= 4 is 5.97 Å². The minimum Gasteiger partial charge on any atom is -0.466 e. The second-order valence-electron chi connectivity index (χ2n) is 3.32. The molecule has 2 nitrogen and oxygen atoms in total. The number of esters is 1. The van der Waals surface area contributed by atoms with Gasteiger partial charge < -0.3 is 4.74 Å². The first-order valence-electron chi connectivity index (χ1n) is 4.45. The van der Waals surface area contributed by atoms with Crippen LogP contribution in [-0.4, -0.2) is 13.1 Å². The highest BCUT2D eigenvalue weighted by atomic mass is 16.5. The lowest BCUT2D eigenvalue weighted by Gasteiger charge is -2.00. The SMILES string of the molecule is C=C(C)CCC/C(C)=C\C(=O)OC. The number of ether oxygens (including phenoxy) is 1. The average molecular weight is 182 g/mol. The molecule has 0 fully saturated rings. The molecular formula is C11H18O2. The van der Waals surface area contributed by atoms with Crippen molar-refractivity contribution in [2.45, 2.75) is 33.1 Å². The smallest absolute Gasteiger partial charge is 0.330 e. The molecule has 0 N–H and O–H groups in total. The lowest BCUT2D eigenvalue weighted by molar-refractivity contribution is -0.134. The van der Waals surface area contributed by atoms with E-state index in [-0.39, 0.29) is 5.97 Å². The normalized spacial score (nSPS) is 11.2. The summed E-state index contributed by atoms with van der Waals surface area (Å²) in [6.07, 6.45) is 4.54. The van der Waals surface area contributed by atoms with E-state index in [1.807, 2.05) is 13.8 Å². The molecule has 0 aliphatic rings. The maximum atomic E-state index is 10.8. The fourth-order valence-corrected chi connectivity index (χ4v) is 1.00. The first kappa shape index (κ1) is 11.9. The molecule has 0 amide bonds. The summed E-state index contributed by atoms with van der Waals surface area (Å²) in [7, 11) is 1.39. The van der Waals surface area contributed by atoms with Crippen LogP contribution in [0, 0.1) is 0 Å². The van der Waals surface area contributed by atoms with E-state index < -0.39 is 0 Å². The monoisotopic (exact) mass is 182 g/mol. The van der Waals surface area contributed by atoms with Crippen molar-refractivity contribution in [2.75, 3.05) is 7.11 Å². The Balaban J connectivity index is 3.73. The van der Waals surface area contributed by atoms with E-state index in [2.05, 4.69) is 11.3 Å². The van der Waals surface area contributed by atoms with Gasteiger partial charge in [0.05, 0.1) is 7.11 Å². The number of methoxy groups -OCH3 is 1. The van der Waals surface area contributed by atoms with Crippen LogP contribution in [0.3, 0.4) is 0 Å². The molecule has 13 heavy (non-hydrogen) atoms. The van der Waals surface area contributed by atoms with Crippen LogP contribution >= 0.6 is 0 Å². The van der Waals surface area contributed by atoms with Gasteiger partial charge in [-0.15, -0.1) is 6.58 Å². The van der Waals surface area contributed by atoms with Crippen LogP contribution in [-0.2, 0) is 9.53 Å². The Labute approximate surface area is 80.3 Å². The minimum absolute atomic E-state index is 0.271. The highest BCUT2D eigenvalue weighted by Crippen LogP contribution is 2.10. The summed E-state index contributed by atoms with van der Waals surface area (Å²) < 4.78 is 4.52. The fraction of sp³-hybridized carbons (Fsp3) is 0.545. The highest BCUT2D eigenvalue weighted by Gasteiger charge is 1.96. The maximum Gasteiger partial charge on any atom is 0.330 e. The lowest BCUT2D eigenvalue weighted by Crippen LogP contribution is -1.95. The summed E-state index contributed by atoms with van der Waals surface area (Å²) in [6.45, 7) is 7.77. The molecule has 0 aliphatic carbocycles.